The molecule has 140 valence electrons. The van der Waals surface area contributed by atoms with Crippen LogP contribution in [-0.2, 0) is 24.2 Å². The van der Waals surface area contributed by atoms with Crippen molar-refractivity contribution in [2.75, 3.05) is 0 Å². The van der Waals surface area contributed by atoms with Crippen LogP contribution in [0.15, 0.2) is 35.4 Å². The van der Waals surface area contributed by atoms with Gasteiger partial charge < -0.3 is 5.32 Å². The monoisotopic (exact) mass is 401 g/mol. The van der Waals surface area contributed by atoms with Crippen molar-refractivity contribution in [2.24, 2.45) is 0 Å². The van der Waals surface area contributed by atoms with Crippen LogP contribution < -0.4 is 10.9 Å². The fourth-order valence-electron chi connectivity index (χ4n) is 3.59. The zero-order valence-electron chi connectivity index (χ0n) is 15.0. The van der Waals surface area contributed by atoms with Gasteiger partial charge in [-0.2, -0.15) is 0 Å². The number of nitrogens with one attached hydrogen (secondary N) is 1. The van der Waals surface area contributed by atoms with E-state index in [9.17, 15) is 9.59 Å². The molecule has 0 unspecified atom stereocenters. The van der Waals surface area contributed by atoms with E-state index < -0.39 is 0 Å². The van der Waals surface area contributed by atoms with Crippen molar-refractivity contribution in [3.63, 3.8) is 0 Å². The van der Waals surface area contributed by atoms with Gasteiger partial charge in [-0.25, -0.2) is 4.98 Å². The first kappa shape index (κ1) is 18.2. The van der Waals surface area contributed by atoms with E-state index in [4.69, 9.17) is 11.6 Å². The Labute approximate surface area is 166 Å². The van der Waals surface area contributed by atoms with Crippen molar-refractivity contribution in [1.82, 2.24) is 14.9 Å². The molecule has 2 aromatic heterocycles. The molecule has 1 amide bonds. The first-order chi connectivity index (χ1) is 13.0. The quantitative estimate of drug-likeness (QED) is 0.721. The first-order valence-electron chi connectivity index (χ1n) is 9.07. The second-order valence-electron chi connectivity index (χ2n) is 6.91. The van der Waals surface area contributed by atoms with Crippen LogP contribution in [0, 0.1) is 0 Å². The van der Waals surface area contributed by atoms with Gasteiger partial charge in [0.1, 0.15) is 11.4 Å². The summed E-state index contributed by atoms with van der Waals surface area (Å²) >= 11 is 7.63. The van der Waals surface area contributed by atoms with E-state index in [1.54, 1.807) is 17.4 Å². The molecule has 4 rings (SSSR count). The fraction of sp³-hybridized carbons (Fsp3) is 0.350. The number of hydrogen-bond acceptors (Lipinski definition) is 4. The van der Waals surface area contributed by atoms with Crippen LogP contribution in [0.4, 0.5) is 0 Å². The smallest absolute Gasteiger partial charge is 0.262 e. The summed E-state index contributed by atoms with van der Waals surface area (Å²) in [6.07, 6.45) is 5.70. The molecule has 1 atom stereocenters. The maximum atomic E-state index is 12.9. The van der Waals surface area contributed by atoms with E-state index in [2.05, 4.69) is 10.3 Å². The largest absolute Gasteiger partial charge is 0.348 e. The number of hydrogen-bond donors (Lipinski definition) is 1. The minimum absolute atomic E-state index is 0.0443. The van der Waals surface area contributed by atoms with Gasteiger partial charge in [0, 0.05) is 9.90 Å². The number of aryl methyl sites for hydroxylation is 2. The molecule has 2 heterocycles. The molecular formula is C20H20ClN3O2S. The van der Waals surface area contributed by atoms with Gasteiger partial charge in [-0.3, -0.25) is 14.2 Å². The van der Waals surface area contributed by atoms with Gasteiger partial charge in [-0.1, -0.05) is 23.7 Å². The van der Waals surface area contributed by atoms with Crippen LogP contribution in [0.2, 0.25) is 5.02 Å². The van der Waals surface area contributed by atoms with Gasteiger partial charge in [-0.05, 0) is 55.9 Å². The normalized spacial score (nSPS) is 14.7. The van der Waals surface area contributed by atoms with Crippen LogP contribution >= 0.6 is 22.9 Å². The summed E-state index contributed by atoms with van der Waals surface area (Å²) < 4.78 is 1.41. The summed E-state index contributed by atoms with van der Waals surface area (Å²) in [5.41, 5.74) is 1.94. The van der Waals surface area contributed by atoms with Crippen molar-refractivity contribution in [3.05, 3.63) is 62.0 Å². The molecule has 0 aliphatic heterocycles. The van der Waals surface area contributed by atoms with Crippen LogP contribution in [-0.4, -0.2) is 15.5 Å². The van der Waals surface area contributed by atoms with E-state index in [1.165, 1.54) is 15.8 Å². The minimum atomic E-state index is -0.227. The average molecular weight is 402 g/mol. The van der Waals surface area contributed by atoms with Gasteiger partial charge in [0.15, 0.2) is 0 Å². The van der Waals surface area contributed by atoms with Crippen LogP contribution in [0.25, 0.3) is 10.2 Å². The van der Waals surface area contributed by atoms with Gasteiger partial charge in [0.25, 0.3) is 5.56 Å². The Balaban J connectivity index is 1.55. The molecule has 3 aromatic rings. The first-order valence-corrected chi connectivity index (χ1v) is 10.3. The number of halogens is 1. The summed E-state index contributed by atoms with van der Waals surface area (Å²) in [5, 5.41) is 4.25. The summed E-state index contributed by atoms with van der Waals surface area (Å²) in [6, 6.07) is 7.18. The third kappa shape index (κ3) is 3.64. The van der Waals surface area contributed by atoms with E-state index >= 15 is 0 Å². The van der Waals surface area contributed by atoms with Crippen LogP contribution in [0.5, 0.6) is 0 Å². The lowest BCUT2D eigenvalue weighted by Gasteiger charge is -2.15. The standard InChI is InChI=1S/C20H20ClN3O2S/c1-12(13-5-4-6-14(21)9-13)23-17(25)10-24-11-22-19-18(20(24)26)15-7-2-3-8-16(15)27-19/h4-6,9,11-12H,2-3,7-8,10H2,1H3,(H,23,25)/t12-/m1/s1. The van der Waals surface area contributed by atoms with E-state index in [1.807, 2.05) is 25.1 Å². The lowest BCUT2D eigenvalue weighted by Crippen LogP contribution is -2.34. The number of benzene rings is 1. The highest BCUT2D eigenvalue weighted by molar-refractivity contribution is 7.18. The molecule has 1 N–H and O–H groups in total. The summed E-state index contributed by atoms with van der Waals surface area (Å²) in [6.45, 7) is 1.85. The Morgan fingerprint density at radius 2 is 2.19 bits per heavy atom. The third-order valence-corrected chi connectivity index (χ3v) is 6.42. The molecule has 0 bridgehead atoms. The van der Waals surface area contributed by atoms with Gasteiger partial charge in [0.2, 0.25) is 5.91 Å². The number of carbonyl (C=O) groups is 1. The third-order valence-electron chi connectivity index (χ3n) is 4.98. The van der Waals surface area contributed by atoms with Crippen molar-refractivity contribution >= 4 is 39.1 Å². The number of aromatic nitrogens is 2. The summed E-state index contributed by atoms with van der Waals surface area (Å²) in [5.74, 6) is -0.227. The van der Waals surface area contributed by atoms with E-state index in [0.717, 1.165) is 41.6 Å². The highest BCUT2D eigenvalue weighted by Gasteiger charge is 2.20. The van der Waals surface area contributed by atoms with Crippen LogP contribution in [0.3, 0.4) is 0 Å². The molecule has 0 spiro atoms. The molecule has 0 saturated carbocycles. The predicted molar refractivity (Wildman–Crippen MR) is 109 cm³/mol. The highest BCUT2D eigenvalue weighted by atomic mass is 35.5. The maximum absolute atomic E-state index is 12.9. The number of fused-ring (bicyclic) bond motifs is 3. The van der Waals surface area contributed by atoms with Crippen LogP contribution in [0.1, 0.15) is 41.8 Å². The summed E-state index contributed by atoms with van der Waals surface area (Å²) in [7, 11) is 0. The summed E-state index contributed by atoms with van der Waals surface area (Å²) in [4.78, 5) is 31.9. The SMILES string of the molecule is C[C@@H](NC(=O)Cn1cnc2sc3c(c2c1=O)CCCC3)c1cccc(Cl)c1. The molecule has 1 aliphatic rings. The zero-order chi connectivity index (χ0) is 19.0. The highest BCUT2D eigenvalue weighted by Crippen LogP contribution is 2.33. The Morgan fingerprint density at radius 3 is 3.00 bits per heavy atom. The topological polar surface area (TPSA) is 64.0 Å². The molecule has 1 aliphatic carbocycles. The predicted octanol–water partition coefficient (Wildman–Crippen LogP) is 3.87. The lowest BCUT2D eigenvalue weighted by molar-refractivity contribution is -0.122. The van der Waals surface area contributed by atoms with Crippen molar-refractivity contribution < 1.29 is 4.79 Å². The van der Waals surface area contributed by atoms with Gasteiger partial charge >= 0.3 is 0 Å². The molecule has 0 radical (unpaired) electrons. The number of amides is 1. The maximum Gasteiger partial charge on any atom is 0.262 e. The second-order valence-corrected chi connectivity index (χ2v) is 8.43. The molecule has 5 nitrogen and oxygen atoms in total. The van der Waals surface area contributed by atoms with E-state index in [0.29, 0.717) is 10.4 Å². The Hall–Kier alpha value is -2.18. The molecular weight excluding hydrogens is 382 g/mol. The number of rotatable bonds is 4. The molecule has 27 heavy (non-hydrogen) atoms. The van der Waals surface area contributed by atoms with E-state index in [-0.39, 0.29) is 24.1 Å². The minimum Gasteiger partial charge on any atom is -0.348 e. The van der Waals surface area contributed by atoms with Crippen molar-refractivity contribution in [1.29, 1.82) is 0 Å². The molecule has 0 fully saturated rings. The Bertz CT molecular complexity index is 1070. The van der Waals surface area contributed by atoms with Crippen molar-refractivity contribution in [3.8, 4) is 0 Å². The molecule has 7 heteroatoms. The second kappa shape index (κ2) is 7.44. The zero-order valence-corrected chi connectivity index (χ0v) is 16.6. The number of nitrogens with zero attached hydrogens (tertiary/aromatic N) is 2. The Morgan fingerprint density at radius 1 is 1.37 bits per heavy atom. The van der Waals surface area contributed by atoms with Gasteiger partial charge in [-0.15, -0.1) is 11.3 Å². The van der Waals surface area contributed by atoms with Crippen molar-refractivity contribution in [2.45, 2.75) is 45.2 Å². The number of carbonyl (C=O) groups excluding carboxylic acids is 1. The van der Waals surface area contributed by atoms with Gasteiger partial charge in [0.05, 0.1) is 17.8 Å². The Kier molecular flexibility index (Phi) is 5.02. The molecule has 0 saturated heterocycles. The molecule has 1 aromatic carbocycles. The number of thiophene rings is 1. The fourth-order valence-corrected chi connectivity index (χ4v) is 5.01. The average Bonchev–Trinajstić information content (AvgIpc) is 3.03. The lowest BCUT2D eigenvalue weighted by atomic mass is 9.97.